The number of hydrogen-bond acceptors (Lipinski definition) is 5. The number of carbonyl (C=O) groups excluding carboxylic acids is 1. The van der Waals surface area contributed by atoms with Gasteiger partial charge in [0.1, 0.15) is 11.7 Å². The van der Waals surface area contributed by atoms with Gasteiger partial charge in [0, 0.05) is 47.2 Å². The van der Waals surface area contributed by atoms with Crippen molar-refractivity contribution in [2.45, 2.75) is 64.8 Å². The van der Waals surface area contributed by atoms with Crippen LogP contribution in [0.15, 0.2) is 36.5 Å². The number of Topliss-reactive ketones (excluding diaryl/α,β-unsaturated/α-hetero) is 1. The summed E-state index contributed by atoms with van der Waals surface area (Å²) in [6.45, 7) is 1.93. The first kappa shape index (κ1) is 27.4. The highest BCUT2D eigenvalue weighted by molar-refractivity contribution is 6.30. The lowest BCUT2D eigenvalue weighted by Crippen LogP contribution is -2.13. The van der Waals surface area contributed by atoms with E-state index in [-0.39, 0.29) is 37.7 Å². The third kappa shape index (κ3) is 7.16. The highest BCUT2D eigenvalue weighted by atomic mass is 35.5. The number of halogens is 1. The number of rotatable bonds is 14. The number of aryl methyl sites for hydroxylation is 1. The van der Waals surface area contributed by atoms with E-state index < -0.39 is 5.97 Å². The first-order valence-electron chi connectivity index (χ1n) is 12.4. The van der Waals surface area contributed by atoms with E-state index in [0.29, 0.717) is 28.6 Å². The van der Waals surface area contributed by atoms with Gasteiger partial charge in [0.2, 0.25) is 0 Å². The molecule has 0 spiro atoms. The third-order valence-electron chi connectivity index (χ3n) is 6.31. The molecule has 0 aliphatic carbocycles. The summed E-state index contributed by atoms with van der Waals surface area (Å²) >= 11 is 6.07. The van der Waals surface area contributed by atoms with Crippen LogP contribution in [0.25, 0.3) is 11.0 Å². The average Bonchev–Trinajstić information content (AvgIpc) is 3.13. The van der Waals surface area contributed by atoms with Crippen molar-refractivity contribution < 1.29 is 19.8 Å². The number of fused-ring (bicyclic) bond motifs is 1. The second-order valence-corrected chi connectivity index (χ2v) is 9.71. The molecule has 36 heavy (non-hydrogen) atoms. The summed E-state index contributed by atoms with van der Waals surface area (Å²) in [7, 11) is 0. The van der Waals surface area contributed by atoms with Gasteiger partial charge in [0.15, 0.2) is 5.78 Å². The Morgan fingerprint density at radius 3 is 2.56 bits per heavy atom. The summed E-state index contributed by atoms with van der Waals surface area (Å²) in [5.74, 6) is -1.42. The number of aliphatic carboxylic acids is 1. The molecule has 0 fully saturated rings. The number of nitriles is 1. The molecule has 2 heterocycles. The van der Waals surface area contributed by atoms with Crippen LogP contribution in [0.1, 0.15) is 72.6 Å². The zero-order chi connectivity index (χ0) is 26.1. The van der Waals surface area contributed by atoms with Crippen molar-refractivity contribution in [2.75, 3.05) is 6.61 Å². The number of carboxylic acids is 1. The molecule has 0 radical (unpaired) electrons. The SMILES string of the molecule is CC(CC(=O)O)CC(=O)c1c(CCCCCCc2cccc(Cl)c2)n(CCO)c2ncc(C#N)cc12. The van der Waals surface area contributed by atoms with Crippen molar-refractivity contribution >= 4 is 34.4 Å². The van der Waals surface area contributed by atoms with Gasteiger partial charge in [-0.1, -0.05) is 43.5 Å². The zero-order valence-corrected chi connectivity index (χ0v) is 21.3. The summed E-state index contributed by atoms with van der Waals surface area (Å²) in [5.41, 5.74) is 3.42. The number of pyridine rings is 1. The van der Waals surface area contributed by atoms with Crippen LogP contribution in [0.3, 0.4) is 0 Å². The van der Waals surface area contributed by atoms with Crippen LogP contribution in [0.4, 0.5) is 0 Å². The lowest BCUT2D eigenvalue weighted by Gasteiger charge is -2.12. The van der Waals surface area contributed by atoms with Crippen molar-refractivity contribution in [3.05, 3.63) is 63.9 Å². The number of hydrogen-bond donors (Lipinski definition) is 2. The molecule has 0 saturated heterocycles. The normalized spacial score (nSPS) is 11.9. The molecule has 1 atom stereocenters. The molecule has 0 aliphatic rings. The molecule has 1 aromatic carbocycles. The predicted octanol–water partition coefficient (Wildman–Crippen LogP) is 5.58. The van der Waals surface area contributed by atoms with Crippen LogP contribution in [-0.4, -0.2) is 38.1 Å². The Kier molecular flexibility index (Phi) is 10.0. The molecular weight excluding hydrogens is 478 g/mol. The minimum atomic E-state index is -0.940. The van der Waals surface area contributed by atoms with Crippen molar-refractivity contribution in [2.24, 2.45) is 5.92 Å². The maximum absolute atomic E-state index is 13.4. The number of unbranched alkanes of at least 4 members (excludes halogenated alkanes) is 3. The molecule has 2 aromatic heterocycles. The van der Waals surface area contributed by atoms with Gasteiger partial charge in [-0.05, 0) is 55.4 Å². The molecule has 0 bridgehead atoms. The van der Waals surface area contributed by atoms with Crippen molar-refractivity contribution in [3.8, 4) is 6.07 Å². The van der Waals surface area contributed by atoms with Crippen LogP contribution in [0.5, 0.6) is 0 Å². The number of aromatic nitrogens is 2. The Bertz CT molecular complexity index is 1260. The Morgan fingerprint density at radius 2 is 1.89 bits per heavy atom. The molecule has 0 amide bonds. The largest absolute Gasteiger partial charge is 0.481 e. The van der Waals surface area contributed by atoms with E-state index in [1.807, 2.05) is 22.8 Å². The van der Waals surface area contributed by atoms with Crippen LogP contribution in [0, 0.1) is 17.2 Å². The number of carbonyl (C=O) groups is 2. The smallest absolute Gasteiger partial charge is 0.303 e. The summed E-state index contributed by atoms with van der Waals surface area (Å²) in [6.07, 6.45) is 6.94. The van der Waals surface area contributed by atoms with Gasteiger partial charge < -0.3 is 14.8 Å². The number of aliphatic hydroxyl groups is 1. The summed E-state index contributed by atoms with van der Waals surface area (Å²) in [5, 5.41) is 29.5. The maximum Gasteiger partial charge on any atom is 0.303 e. The molecule has 1 unspecified atom stereocenters. The van der Waals surface area contributed by atoms with Gasteiger partial charge >= 0.3 is 5.97 Å². The van der Waals surface area contributed by atoms with Gasteiger partial charge in [-0.25, -0.2) is 4.98 Å². The van der Waals surface area contributed by atoms with Crippen molar-refractivity contribution in [3.63, 3.8) is 0 Å². The maximum atomic E-state index is 13.4. The number of carboxylic acid groups (broad SMARTS) is 1. The van der Waals surface area contributed by atoms with E-state index in [2.05, 4.69) is 17.1 Å². The van der Waals surface area contributed by atoms with Crippen LogP contribution in [-0.2, 0) is 24.2 Å². The first-order valence-corrected chi connectivity index (χ1v) is 12.7. The number of aliphatic hydroxyl groups excluding tert-OH is 1. The van der Waals surface area contributed by atoms with Crippen molar-refractivity contribution in [1.29, 1.82) is 5.26 Å². The summed E-state index contributed by atoms with van der Waals surface area (Å²) in [6, 6.07) is 11.6. The van der Waals surface area contributed by atoms with E-state index in [1.54, 1.807) is 13.0 Å². The Labute approximate surface area is 216 Å². The quantitative estimate of drug-likeness (QED) is 0.216. The summed E-state index contributed by atoms with van der Waals surface area (Å²) in [4.78, 5) is 29.0. The third-order valence-corrected chi connectivity index (χ3v) is 6.55. The molecular formula is C28H32ClN3O4. The molecule has 190 valence electrons. The fraction of sp³-hybridized carbons (Fsp3) is 0.429. The van der Waals surface area contributed by atoms with Crippen LogP contribution in [0.2, 0.25) is 5.02 Å². The lowest BCUT2D eigenvalue weighted by molar-refractivity contribution is -0.137. The fourth-order valence-corrected chi connectivity index (χ4v) is 4.92. The average molecular weight is 510 g/mol. The highest BCUT2D eigenvalue weighted by Gasteiger charge is 2.25. The second kappa shape index (κ2) is 13.2. The zero-order valence-electron chi connectivity index (χ0n) is 20.5. The van der Waals surface area contributed by atoms with Gasteiger partial charge in [0.25, 0.3) is 0 Å². The van der Waals surface area contributed by atoms with E-state index in [1.165, 1.54) is 11.8 Å². The van der Waals surface area contributed by atoms with E-state index in [0.717, 1.165) is 42.8 Å². The lowest BCUT2D eigenvalue weighted by atomic mass is 9.94. The second-order valence-electron chi connectivity index (χ2n) is 9.28. The number of benzene rings is 1. The van der Waals surface area contributed by atoms with E-state index in [9.17, 15) is 20.0 Å². The fourth-order valence-electron chi connectivity index (χ4n) is 4.70. The topological polar surface area (TPSA) is 116 Å². The minimum Gasteiger partial charge on any atom is -0.481 e. The molecule has 2 N–H and O–H groups in total. The molecule has 7 nitrogen and oxygen atoms in total. The molecule has 0 saturated carbocycles. The Hall–Kier alpha value is -3.21. The summed E-state index contributed by atoms with van der Waals surface area (Å²) < 4.78 is 1.87. The molecule has 3 rings (SSSR count). The molecule has 3 aromatic rings. The number of nitrogens with zero attached hydrogens (tertiary/aromatic N) is 3. The van der Waals surface area contributed by atoms with Gasteiger partial charge in [-0.15, -0.1) is 0 Å². The highest BCUT2D eigenvalue weighted by Crippen LogP contribution is 2.30. The van der Waals surface area contributed by atoms with Gasteiger partial charge in [-0.2, -0.15) is 5.26 Å². The first-order chi connectivity index (χ1) is 17.3. The Morgan fingerprint density at radius 1 is 1.14 bits per heavy atom. The number of ketones is 1. The minimum absolute atomic E-state index is 0.0912. The van der Waals surface area contributed by atoms with Gasteiger partial charge in [-0.3, -0.25) is 9.59 Å². The van der Waals surface area contributed by atoms with Crippen LogP contribution >= 0.6 is 11.6 Å². The van der Waals surface area contributed by atoms with Crippen LogP contribution < -0.4 is 0 Å². The predicted molar refractivity (Wildman–Crippen MR) is 139 cm³/mol. The molecule has 8 heteroatoms. The monoisotopic (exact) mass is 509 g/mol. The van der Waals surface area contributed by atoms with Crippen molar-refractivity contribution in [1.82, 2.24) is 9.55 Å². The van der Waals surface area contributed by atoms with E-state index in [4.69, 9.17) is 16.7 Å². The molecule has 0 aliphatic heterocycles. The standard InChI is InChI=1S/C28H32ClN3O4/c1-19(14-26(35)36)13-25(34)27-23-16-21(17-30)18-31-28(23)32(11-12-33)24(27)10-5-3-2-4-7-20-8-6-9-22(29)15-20/h6,8-9,15-16,18-19,33H,2-5,7,10-14H2,1H3,(H,35,36). The van der Waals surface area contributed by atoms with E-state index >= 15 is 0 Å². The Balaban J connectivity index is 1.79. The van der Waals surface area contributed by atoms with Gasteiger partial charge in [0.05, 0.1) is 12.2 Å².